The van der Waals surface area contributed by atoms with Crippen molar-refractivity contribution in [2.75, 3.05) is 32.8 Å². The molecule has 0 bridgehead atoms. The van der Waals surface area contributed by atoms with Gasteiger partial charge in [-0.1, -0.05) is 175 Å². The Labute approximate surface area is 325 Å². The van der Waals surface area contributed by atoms with Crippen molar-refractivity contribution in [3.63, 3.8) is 0 Å². The number of esters is 1. The highest BCUT2D eigenvalue weighted by molar-refractivity contribution is 5.69. The maximum absolute atomic E-state index is 12.0. The van der Waals surface area contributed by atoms with E-state index in [2.05, 4.69) is 25.7 Å². The number of rotatable bonds is 44. The fraction of sp³-hybridized carbons (Fsp3) is 0.978. The molecule has 0 aromatic heterocycles. The summed E-state index contributed by atoms with van der Waals surface area (Å²) in [4.78, 5) is 14.6. The normalized spacial score (nSPS) is 12.4. The molecule has 0 saturated carbocycles. The Balaban J connectivity index is 4.09. The lowest BCUT2D eigenvalue weighted by Gasteiger charge is -2.22. The number of aliphatic hydroxyl groups excluding tert-OH is 2. The molecular formula is C46H93NO5. The van der Waals surface area contributed by atoms with Crippen molar-refractivity contribution in [1.82, 2.24) is 4.90 Å². The molecule has 6 nitrogen and oxygen atoms in total. The third kappa shape index (κ3) is 39.0. The molecule has 0 aliphatic heterocycles. The molecule has 6 heteroatoms. The molecule has 1 unspecified atom stereocenters. The van der Waals surface area contributed by atoms with Crippen LogP contribution in [0.1, 0.15) is 245 Å². The van der Waals surface area contributed by atoms with Crippen molar-refractivity contribution in [2.45, 2.75) is 258 Å². The van der Waals surface area contributed by atoms with Crippen LogP contribution in [0, 0.1) is 0 Å². The summed E-state index contributed by atoms with van der Waals surface area (Å²) in [5, 5.41) is 20.0. The molecule has 0 spiro atoms. The molecule has 0 aliphatic carbocycles. The van der Waals surface area contributed by atoms with Crippen LogP contribution in [0.25, 0.3) is 0 Å². The molecule has 1 atom stereocenters. The van der Waals surface area contributed by atoms with Gasteiger partial charge in [-0.2, -0.15) is 0 Å². The van der Waals surface area contributed by atoms with Crippen molar-refractivity contribution >= 4 is 5.97 Å². The lowest BCUT2D eigenvalue weighted by Crippen LogP contribution is -2.27. The zero-order chi connectivity index (χ0) is 38.0. The Morgan fingerprint density at radius 1 is 0.481 bits per heavy atom. The molecule has 2 N–H and O–H groups in total. The third-order valence-corrected chi connectivity index (χ3v) is 10.8. The zero-order valence-corrected chi connectivity index (χ0v) is 35.5. The van der Waals surface area contributed by atoms with Crippen LogP contribution in [-0.4, -0.2) is 66.3 Å². The molecule has 0 amide bonds. The van der Waals surface area contributed by atoms with Crippen LogP contribution in [0.3, 0.4) is 0 Å². The number of nitrogens with zero attached hydrogens (tertiary/aromatic N) is 1. The largest absolute Gasteiger partial charge is 0.466 e. The highest BCUT2D eigenvalue weighted by Gasteiger charge is 2.15. The minimum Gasteiger partial charge on any atom is -0.466 e. The second-order valence-electron chi connectivity index (χ2n) is 16.0. The first-order valence-electron chi connectivity index (χ1n) is 23.4. The highest BCUT2D eigenvalue weighted by atomic mass is 16.6. The topological polar surface area (TPSA) is 79.2 Å². The Morgan fingerprint density at radius 2 is 0.865 bits per heavy atom. The molecule has 312 valence electrons. The van der Waals surface area contributed by atoms with Crippen LogP contribution < -0.4 is 0 Å². The van der Waals surface area contributed by atoms with E-state index >= 15 is 0 Å². The van der Waals surface area contributed by atoms with Crippen LogP contribution in [-0.2, 0) is 14.3 Å². The Kier molecular flexibility index (Phi) is 42.5. The van der Waals surface area contributed by atoms with Gasteiger partial charge in [0.05, 0.1) is 12.7 Å². The summed E-state index contributed by atoms with van der Waals surface area (Å²) in [6, 6.07) is 0. The van der Waals surface area contributed by atoms with Gasteiger partial charge in [0.25, 0.3) is 0 Å². The summed E-state index contributed by atoms with van der Waals surface area (Å²) in [6.45, 7) is 11.0. The average molecular weight is 740 g/mol. The molecule has 0 aromatic rings. The van der Waals surface area contributed by atoms with E-state index < -0.39 is 6.29 Å². The number of aliphatic hydroxyl groups is 2. The number of ether oxygens (including phenoxy) is 2. The van der Waals surface area contributed by atoms with E-state index in [-0.39, 0.29) is 18.7 Å². The van der Waals surface area contributed by atoms with E-state index in [9.17, 15) is 15.0 Å². The van der Waals surface area contributed by atoms with Crippen molar-refractivity contribution in [2.24, 2.45) is 0 Å². The van der Waals surface area contributed by atoms with Crippen LogP contribution >= 0.6 is 0 Å². The second kappa shape index (κ2) is 43.0. The lowest BCUT2D eigenvalue weighted by atomic mass is 10.0. The monoisotopic (exact) mass is 740 g/mol. The number of unbranched alkanes of at least 4 members (excludes halogenated alkanes) is 25. The second-order valence-corrected chi connectivity index (χ2v) is 16.0. The molecule has 52 heavy (non-hydrogen) atoms. The Bertz CT molecular complexity index is 676. The van der Waals surface area contributed by atoms with Gasteiger partial charge in [-0.25, -0.2) is 0 Å². The smallest absolute Gasteiger partial charge is 0.305 e. The minimum atomic E-state index is -0.610. The average Bonchev–Trinajstić information content (AvgIpc) is 3.14. The summed E-state index contributed by atoms with van der Waals surface area (Å²) in [7, 11) is 0. The van der Waals surface area contributed by atoms with Gasteiger partial charge < -0.3 is 24.6 Å². The van der Waals surface area contributed by atoms with Crippen LogP contribution in [0.2, 0.25) is 0 Å². The van der Waals surface area contributed by atoms with Gasteiger partial charge in [-0.05, 0) is 83.8 Å². The predicted octanol–water partition coefficient (Wildman–Crippen LogP) is 13.2. The predicted molar refractivity (Wildman–Crippen MR) is 224 cm³/mol. The number of carbonyl (C=O) groups is 1. The maximum Gasteiger partial charge on any atom is 0.305 e. The minimum absolute atomic E-state index is 0.0169. The summed E-state index contributed by atoms with van der Waals surface area (Å²) in [6.07, 6.45) is 41.0. The first-order valence-corrected chi connectivity index (χ1v) is 23.4. The van der Waals surface area contributed by atoms with E-state index in [0.717, 1.165) is 83.8 Å². The molecular weight excluding hydrogens is 647 g/mol. The van der Waals surface area contributed by atoms with Gasteiger partial charge >= 0.3 is 5.97 Å². The first kappa shape index (κ1) is 51.3. The van der Waals surface area contributed by atoms with Crippen molar-refractivity contribution in [1.29, 1.82) is 0 Å². The Hall–Kier alpha value is -0.690. The fourth-order valence-electron chi connectivity index (χ4n) is 7.30. The molecule has 0 aromatic carbocycles. The molecule has 0 radical (unpaired) electrons. The summed E-state index contributed by atoms with van der Waals surface area (Å²) in [5.74, 6) is -0.0169. The molecule has 0 saturated heterocycles. The number of hydrogen-bond donors (Lipinski definition) is 2. The van der Waals surface area contributed by atoms with Gasteiger partial charge in [0.2, 0.25) is 0 Å². The summed E-state index contributed by atoms with van der Waals surface area (Å²) < 4.78 is 11.7. The van der Waals surface area contributed by atoms with Gasteiger partial charge in [-0.3, -0.25) is 4.79 Å². The van der Waals surface area contributed by atoms with Crippen molar-refractivity contribution in [3.8, 4) is 0 Å². The zero-order valence-electron chi connectivity index (χ0n) is 35.5. The standard InChI is InChI=1S/C46H93NO5/c1-4-7-10-13-16-25-34-43-51-45(49)37-28-21-17-23-30-39-47(41-32-33-42-48)40-31-24-18-22-29-38-46(50)52-44(35-26-19-14-11-8-5-2)36-27-20-15-12-9-6-3/h44,46,48,50H,4-43H2,1-3H3. The number of carbonyl (C=O) groups excluding carboxylic acids is 1. The van der Waals surface area contributed by atoms with Gasteiger partial charge in [0.15, 0.2) is 6.29 Å². The SMILES string of the molecule is CCCCCCCCCOC(=O)CCCCCCCN(CCCCO)CCCCCCCC(O)OC(CCCCCCCC)CCCCCCCC. The fourth-order valence-corrected chi connectivity index (χ4v) is 7.30. The van der Waals surface area contributed by atoms with Gasteiger partial charge in [0, 0.05) is 13.0 Å². The molecule has 0 heterocycles. The van der Waals surface area contributed by atoms with E-state index in [4.69, 9.17) is 9.47 Å². The molecule has 0 aliphatic rings. The van der Waals surface area contributed by atoms with Crippen LogP contribution in [0.4, 0.5) is 0 Å². The van der Waals surface area contributed by atoms with Crippen molar-refractivity contribution in [3.05, 3.63) is 0 Å². The Morgan fingerprint density at radius 3 is 1.35 bits per heavy atom. The van der Waals surface area contributed by atoms with Crippen molar-refractivity contribution < 1.29 is 24.5 Å². The quantitative estimate of drug-likeness (QED) is 0.0368. The van der Waals surface area contributed by atoms with E-state index in [0.29, 0.717) is 13.0 Å². The molecule has 0 fully saturated rings. The van der Waals surface area contributed by atoms with Gasteiger partial charge in [0.1, 0.15) is 0 Å². The van der Waals surface area contributed by atoms with E-state index in [1.54, 1.807) is 0 Å². The third-order valence-electron chi connectivity index (χ3n) is 10.8. The van der Waals surface area contributed by atoms with Crippen LogP contribution in [0.15, 0.2) is 0 Å². The lowest BCUT2D eigenvalue weighted by molar-refractivity contribution is -0.144. The maximum atomic E-state index is 12.0. The summed E-state index contributed by atoms with van der Waals surface area (Å²) >= 11 is 0. The highest BCUT2D eigenvalue weighted by Crippen LogP contribution is 2.20. The number of hydrogen-bond acceptors (Lipinski definition) is 6. The van der Waals surface area contributed by atoms with E-state index in [1.807, 2.05) is 0 Å². The summed E-state index contributed by atoms with van der Waals surface area (Å²) in [5.41, 5.74) is 0. The molecule has 0 rings (SSSR count). The van der Waals surface area contributed by atoms with Crippen LogP contribution in [0.5, 0.6) is 0 Å². The van der Waals surface area contributed by atoms with E-state index in [1.165, 1.54) is 154 Å². The van der Waals surface area contributed by atoms with Gasteiger partial charge in [-0.15, -0.1) is 0 Å². The first-order chi connectivity index (χ1) is 25.6.